The first-order chi connectivity index (χ1) is 11.5. The Hall–Kier alpha value is -2.63. The monoisotopic (exact) mass is 328 g/mol. The van der Waals surface area contributed by atoms with Crippen molar-refractivity contribution in [2.24, 2.45) is 0 Å². The van der Waals surface area contributed by atoms with Gasteiger partial charge >= 0.3 is 0 Å². The zero-order valence-corrected chi connectivity index (χ0v) is 14.6. The molecule has 0 aliphatic carbocycles. The molecule has 0 aliphatic rings. The van der Waals surface area contributed by atoms with Crippen LogP contribution in [0.1, 0.15) is 42.0 Å². The molecule has 0 saturated carbocycles. The molecule has 6 nitrogen and oxygen atoms in total. The third kappa shape index (κ3) is 4.94. The molecule has 1 heterocycles. The van der Waals surface area contributed by atoms with Crippen LogP contribution in [-0.4, -0.2) is 29.0 Å². The average Bonchev–Trinajstić information content (AvgIpc) is 2.59. The number of carbonyl (C=O) groups is 1. The molecule has 2 rings (SSSR count). The average molecular weight is 328 g/mol. The second-order valence-electron chi connectivity index (χ2n) is 5.70. The van der Waals surface area contributed by atoms with Crippen molar-refractivity contribution in [3.8, 4) is 5.75 Å². The molecule has 0 fully saturated rings. The molecule has 0 aliphatic heterocycles. The van der Waals surface area contributed by atoms with Crippen LogP contribution in [0.5, 0.6) is 5.75 Å². The predicted octanol–water partition coefficient (Wildman–Crippen LogP) is 2.93. The van der Waals surface area contributed by atoms with E-state index in [4.69, 9.17) is 4.74 Å². The third-order valence-electron chi connectivity index (χ3n) is 3.69. The lowest BCUT2D eigenvalue weighted by Crippen LogP contribution is -2.32. The Morgan fingerprint density at radius 2 is 1.96 bits per heavy atom. The molecule has 2 aromatic rings. The second-order valence-corrected chi connectivity index (χ2v) is 5.70. The van der Waals surface area contributed by atoms with E-state index in [1.807, 2.05) is 45.0 Å². The number of hydrogen-bond acceptors (Lipinski definition) is 5. The number of aryl methyl sites for hydroxylation is 1. The first-order valence-electron chi connectivity index (χ1n) is 8.05. The van der Waals surface area contributed by atoms with Crippen molar-refractivity contribution in [2.45, 2.75) is 39.8 Å². The molecule has 128 valence electrons. The van der Waals surface area contributed by atoms with Crippen LogP contribution in [-0.2, 0) is 6.54 Å². The van der Waals surface area contributed by atoms with Gasteiger partial charge in [-0.15, -0.1) is 0 Å². The number of carbonyl (C=O) groups excluding carboxylic acids is 1. The van der Waals surface area contributed by atoms with Crippen LogP contribution < -0.4 is 15.4 Å². The Morgan fingerprint density at radius 3 is 2.58 bits per heavy atom. The van der Waals surface area contributed by atoms with E-state index < -0.39 is 0 Å². The molecular formula is C18H24N4O2. The van der Waals surface area contributed by atoms with Gasteiger partial charge in [0.25, 0.3) is 5.91 Å². The first-order valence-corrected chi connectivity index (χ1v) is 8.05. The Morgan fingerprint density at radius 1 is 1.25 bits per heavy atom. The Balaban J connectivity index is 2.05. The fraction of sp³-hybridized carbons (Fsp3) is 0.389. The van der Waals surface area contributed by atoms with E-state index in [2.05, 4.69) is 20.6 Å². The molecule has 0 bridgehead atoms. The highest BCUT2D eigenvalue weighted by Gasteiger charge is 2.12. The highest BCUT2D eigenvalue weighted by molar-refractivity contribution is 5.92. The van der Waals surface area contributed by atoms with Crippen LogP contribution in [0.3, 0.4) is 0 Å². The first kappa shape index (κ1) is 17.7. The third-order valence-corrected chi connectivity index (χ3v) is 3.69. The van der Waals surface area contributed by atoms with E-state index in [0.29, 0.717) is 18.2 Å². The number of rotatable bonds is 7. The molecule has 6 heteroatoms. The molecule has 1 aromatic heterocycles. The summed E-state index contributed by atoms with van der Waals surface area (Å²) in [6.07, 6.45) is 0.873. The van der Waals surface area contributed by atoms with E-state index in [0.717, 1.165) is 23.4 Å². The molecule has 1 aromatic carbocycles. The van der Waals surface area contributed by atoms with Crippen molar-refractivity contribution >= 4 is 11.9 Å². The molecular weight excluding hydrogens is 304 g/mol. The van der Waals surface area contributed by atoms with Gasteiger partial charge in [0.2, 0.25) is 5.95 Å². The summed E-state index contributed by atoms with van der Waals surface area (Å²) in [4.78, 5) is 20.9. The van der Waals surface area contributed by atoms with Crippen LogP contribution in [0, 0.1) is 6.92 Å². The molecule has 0 radical (unpaired) electrons. The summed E-state index contributed by atoms with van der Waals surface area (Å²) in [6, 6.07) is 9.55. The van der Waals surface area contributed by atoms with Crippen LogP contribution in [0.25, 0.3) is 0 Å². The molecule has 1 amide bonds. The maximum atomic E-state index is 12.2. The number of amides is 1. The second kappa shape index (κ2) is 8.29. The summed E-state index contributed by atoms with van der Waals surface area (Å²) in [5, 5.41) is 6.07. The van der Waals surface area contributed by atoms with E-state index in [1.54, 1.807) is 13.2 Å². The van der Waals surface area contributed by atoms with Gasteiger partial charge in [0.15, 0.2) is 0 Å². The maximum Gasteiger partial charge on any atom is 0.270 e. The van der Waals surface area contributed by atoms with Crippen molar-refractivity contribution in [1.29, 1.82) is 0 Å². The smallest absolute Gasteiger partial charge is 0.270 e. The van der Waals surface area contributed by atoms with Crippen LogP contribution in [0.4, 0.5) is 5.95 Å². The number of ether oxygens (including phenoxy) is 1. The number of benzene rings is 1. The van der Waals surface area contributed by atoms with Gasteiger partial charge in [-0.05, 0) is 44.0 Å². The van der Waals surface area contributed by atoms with Gasteiger partial charge in [-0.25, -0.2) is 9.97 Å². The Labute approximate surface area is 142 Å². The van der Waals surface area contributed by atoms with Crippen molar-refractivity contribution in [3.05, 3.63) is 47.3 Å². The molecule has 0 saturated heterocycles. The van der Waals surface area contributed by atoms with Crippen molar-refractivity contribution in [1.82, 2.24) is 15.3 Å². The van der Waals surface area contributed by atoms with E-state index in [-0.39, 0.29) is 11.9 Å². The number of methoxy groups -OCH3 is 1. The van der Waals surface area contributed by atoms with Crippen molar-refractivity contribution in [3.63, 3.8) is 0 Å². The van der Waals surface area contributed by atoms with E-state index in [1.165, 1.54) is 0 Å². The van der Waals surface area contributed by atoms with Gasteiger partial charge in [-0.1, -0.05) is 19.1 Å². The fourth-order valence-electron chi connectivity index (χ4n) is 2.09. The largest absolute Gasteiger partial charge is 0.497 e. The summed E-state index contributed by atoms with van der Waals surface area (Å²) in [5.41, 5.74) is 2.20. The minimum absolute atomic E-state index is 0.114. The highest BCUT2D eigenvalue weighted by Crippen LogP contribution is 2.13. The van der Waals surface area contributed by atoms with Crippen LogP contribution in [0.15, 0.2) is 30.3 Å². The lowest BCUT2D eigenvalue weighted by Gasteiger charge is -2.12. The number of hydrogen-bond donors (Lipinski definition) is 2. The van der Waals surface area contributed by atoms with Gasteiger partial charge in [-0.3, -0.25) is 4.79 Å². The molecule has 1 atom stereocenters. The number of nitrogens with one attached hydrogen (secondary N) is 2. The zero-order valence-electron chi connectivity index (χ0n) is 14.6. The van der Waals surface area contributed by atoms with Gasteiger partial charge < -0.3 is 15.4 Å². The summed E-state index contributed by atoms with van der Waals surface area (Å²) in [6.45, 7) is 6.41. The minimum Gasteiger partial charge on any atom is -0.497 e. The topological polar surface area (TPSA) is 76.1 Å². The standard InChI is InChI=1S/C18H24N4O2/c1-5-12(2)20-17(23)16-10-13(3)21-18(22-16)19-11-14-6-8-15(24-4)9-7-14/h6-10,12H,5,11H2,1-4H3,(H,20,23)(H,19,21,22). The summed E-state index contributed by atoms with van der Waals surface area (Å²) < 4.78 is 5.14. The van der Waals surface area contributed by atoms with Crippen LogP contribution >= 0.6 is 0 Å². The van der Waals surface area contributed by atoms with Crippen LogP contribution in [0.2, 0.25) is 0 Å². The maximum absolute atomic E-state index is 12.2. The fourth-order valence-corrected chi connectivity index (χ4v) is 2.09. The van der Waals surface area contributed by atoms with Gasteiger partial charge in [0.05, 0.1) is 7.11 Å². The predicted molar refractivity (Wildman–Crippen MR) is 94.3 cm³/mol. The lowest BCUT2D eigenvalue weighted by atomic mass is 10.2. The quantitative estimate of drug-likeness (QED) is 0.817. The van der Waals surface area contributed by atoms with Gasteiger partial charge in [-0.2, -0.15) is 0 Å². The number of anilines is 1. The van der Waals surface area contributed by atoms with Gasteiger partial charge in [0.1, 0.15) is 11.4 Å². The summed E-state index contributed by atoms with van der Waals surface area (Å²) in [5.74, 6) is 1.08. The molecule has 2 N–H and O–H groups in total. The lowest BCUT2D eigenvalue weighted by molar-refractivity contribution is 0.0934. The minimum atomic E-state index is -0.178. The van der Waals surface area contributed by atoms with E-state index >= 15 is 0 Å². The molecule has 24 heavy (non-hydrogen) atoms. The molecule has 1 unspecified atom stereocenters. The zero-order chi connectivity index (χ0) is 17.5. The Kier molecular flexibility index (Phi) is 6.12. The SMILES string of the molecule is CCC(C)NC(=O)c1cc(C)nc(NCc2ccc(OC)cc2)n1. The summed E-state index contributed by atoms with van der Waals surface area (Å²) >= 11 is 0. The highest BCUT2D eigenvalue weighted by atomic mass is 16.5. The molecule has 0 spiro atoms. The van der Waals surface area contributed by atoms with Gasteiger partial charge in [0, 0.05) is 18.3 Å². The number of aromatic nitrogens is 2. The number of nitrogens with zero attached hydrogens (tertiary/aromatic N) is 2. The Bertz CT molecular complexity index is 686. The normalized spacial score (nSPS) is 11.7. The summed E-state index contributed by atoms with van der Waals surface area (Å²) in [7, 11) is 1.64. The van der Waals surface area contributed by atoms with E-state index in [9.17, 15) is 4.79 Å². The van der Waals surface area contributed by atoms with Crippen molar-refractivity contribution in [2.75, 3.05) is 12.4 Å². The van der Waals surface area contributed by atoms with Crippen molar-refractivity contribution < 1.29 is 9.53 Å².